The van der Waals surface area contributed by atoms with Crippen molar-refractivity contribution in [2.75, 3.05) is 6.54 Å². The Bertz CT molecular complexity index is 575. The molecule has 2 N–H and O–H groups in total. The predicted octanol–water partition coefficient (Wildman–Crippen LogP) is 3.06. The molecule has 21 heavy (non-hydrogen) atoms. The van der Waals surface area contributed by atoms with E-state index in [4.69, 9.17) is 11.6 Å². The van der Waals surface area contributed by atoms with Crippen LogP contribution in [0.1, 0.15) is 39.2 Å². The summed E-state index contributed by atoms with van der Waals surface area (Å²) in [5.74, 6) is -0.751. The van der Waals surface area contributed by atoms with Gasteiger partial charge in [-0.2, -0.15) is 0 Å². The lowest BCUT2D eigenvalue weighted by Gasteiger charge is -2.16. The number of sulfonamides is 1. The zero-order chi connectivity index (χ0) is 16.0. The van der Waals surface area contributed by atoms with E-state index in [9.17, 15) is 12.8 Å². The number of rotatable bonds is 8. The van der Waals surface area contributed by atoms with Crippen LogP contribution in [-0.2, 0) is 16.6 Å². The highest BCUT2D eigenvalue weighted by atomic mass is 35.5. The SMILES string of the molecule is CCNCc1cc(Cl)cc(S(=O)(=O)NC(CC)CC)c1F. The number of halogens is 2. The summed E-state index contributed by atoms with van der Waals surface area (Å²) < 4.78 is 41.6. The molecule has 0 atom stereocenters. The largest absolute Gasteiger partial charge is 0.313 e. The summed E-state index contributed by atoms with van der Waals surface area (Å²) in [7, 11) is -3.92. The van der Waals surface area contributed by atoms with Gasteiger partial charge >= 0.3 is 0 Å². The minimum Gasteiger partial charge on any atom is -0.313 e. The molecule has 7 heteroatoms. The Hall–Kier alpha value is -0.690. The minimum absolute atomic E-state index is 0.203. The number of hydrogen-bond acceptors (Lipinski definition) is 3. The van der Waals surface area contributed by atoms with Gasteiger partial charge in [0, 0.05) is 23.2 Å². The Labute approximate surface area is 131 Å². The molecule has 4 nitrogen and oxygen atoms in total. The zero-order valence-electron chi connectivity index (χ0n) is 12.5. The molecule has 0 aromatic heterocycles. The third-order valence-corrected chi connectivity index (χ3v) is 4.98. The standard InChI is InChI=1S/C14H22ClFN2O2S/c1-4-12(5-2)18-21(19,20)13-8-11(15)7-10(14(13)16)9-17-6-3/h7-8,12,17-18H,4-6,9H2,1-3H3. The van der Waals surface area contributed by atoms with Crippen LogP contribution in [0.4, 0.5) is 4.39 Å². The fraction of sp³-hybridized carbons (Fsp3) is 0.571. The molecule has 0 aliphatic heterocycles. The van der Waals surface area contributed by atoms with Crippen LogP contribution < -0.4 is 10.0 Å². The molecule has 0 radical (unpaired) electrons. The molecule has 1 aromatic carbocycles. The Morgan fingerprint density at radius 1 is 1.24 bits per heavy atom. The van der Waals surface area contributed by atoms with E-state index in [1.54, 1.807) is 0 Å². The average Bonchev–Trinajstić information content (AvgIpc) is 2.45. The Balaban J connectivity index is 3.19. The van der Waals surface area contributed by atoms with Gasteiger partial charge < -0.3 is 5.32 Å². The van der Waals surface area contributed by atoms with Crippen molar-refractivity contribution in [1.29, 1.82) is 0 Å². The van der Waals surface area contributed by atoms with E-state index in [-0.39, 0.29) is 23.2 Å². The first-order valence-corrected chi connectivity index (χ1v) is 8.92. The molecule has 0 spiro atoms. The van der Waals surface area contributed by atoms with Gasteiger partial charge in [0.1, 0.15) is 10.7 Å². The van der Waals surface area contributed by atoms with Crippen LogP contribution in [0.25, 0.3) is 0 Å². The minimum atomic E-state index is -3.92. The lowest BCUT2D eigenvalue weighted by Crippen LogP contribution is -2.34. The molecule has 0 aliphatic rings. The molecule has 0 unspecified atom stereocenters. The van der Waals surface area contributed by atoms with Gasteiger partial charge in [-0.05, 0) is 31.5 Å². The topological polar surface area (TPSA) is 58.2 Å². The van der Waals surface area contributed by atoms with Crippen molar-refractivity contribution in [1.82, 2.24) is 10.0 Å². The Morgan fingerprint density at radius 3 is 2.38 bits per heavy atom. The third kappa shape index (κ3) is 4.92. The van der Waals surface area contributed by atoms with Gasteiger partial charge in [0.25, 0.3) is 0 Å². The van der Waals surface area contributed by atoms with Gasteiger partial charge in [0.2, 0.25) is 10.0 Å². The highest BCUT2D eigenvalue weighted by molar-refractivity contribution is 7.89. The summed E-state index contributed by atoms with van der Waals surface area (Å²) in [5, 5.41) is 3.16. The smallest absolute Gasteiger partial charge is 0.243 e. The maximum atomic E-state index is 14.4. The predicted molar refractivity (Wildman–Crippen MR) is 83.5 cm³/mol. The molecular formula is C14H22ClFN2O2S. The van der Waals surface area contributed by atoms with Crippen molar-refractivity contribution < 1.29 is 12.8 Å². The molecule has 0 bridgehead atoms. The number of benzene rings is 1. The van der Waals surface area contributed by atoms with Gasteiger partial charge in [-0.25, -0.2) is 17.5 Å². The number of nitrogens with one attached hydrogen (secondary N) is 2. The van der Waals surface area contributed by atoms with Crippen LogP contribution in [0, 0.1) is 5.82 Å². The van der Waals surface area contributed by atoms with Crippen LogP contribution >= 0.6 is 11.6 Å². The molecule has 1 aromatic rings. The van der Waals surface area contributed by atoms with E-state index in [0.717, 1.165) is 6.07 Å². The quantitative estimate of drug-likeness (QED) is 0.767. The second-order valence-corrected chi connectivity index (χ2v) is 6.91. The third-order valence-electron chi connectivity index (χ3n) is 3.24. The second kappa shape index (κ2) is 8.08. The highest BCUT2D eigenvalue weighted by Crippen LogP contribution is 2.24. The van der Waals surface area contributed by atoms with E-state index in [2.05, 4.69) is 10.0 Å². The van der Waals surface area contributed by atoms with Crippen molar-refractivity contribution in [3.63, 3.8) is 0 Å². The van der Waals surface area contributed by atoms with Crippen LogP contribution in [0.3, 0.4) is 0 Å². The Kier molecular flexibility index (Phi) is 7.06. The van der Waals surface area contributed by atoms with Crippen LogP contribution in [0.15, 0.2) is 17.0 Å². The van der Waals surface area contributed by atoms with Gasteiger partial charge in [0.05, 0.1) is 0 Å². The zero-order valence-corrected chi connectivity index (χ0v) is 14.1. The second-order valence-electron chi connectivity index (χ2n) is 4.79. The number of hydrogen-bond donors (Lipinski definition) is 2. The normalized spacial score (nSPS) is 12.1. The maximum Gasteiger partial charge on any atom is 0.243 e. The first-order valence-electron chi connectivity index (χ1n) is 7.06. The van der Waals surface area contributed by atoms with Crippen molar-refractivity contribution in [3.05, 3.63) is 28.5 Å². The lowest BCUT2D eigenvalue weighted by molar-refractivity contribution is 0.516. The van der Waals surface area contributed by atoms with Gasteiger partial charge in [-0.3, -0.25) is 0 Å². The van der Waals surface area contributed by atoms with E-state index in [0.29, 0.717) is 19.4 Å². The molecule has 1 rings (SSSR count). The van der Waals surface area contributed by atoms with E-state index < -0.39 is 20.7 Å². The summed E-state index contributed by atoms with van der Waals surface area (Å²) in [6.45, 7) is 6.52. The van der Waals surface area contributed by atoms with Crippen LogP contribution in [0.2, 0.25) is 5.02 Å². The highest BCUT2D eigenvalue weighted by Gasteiger charge is 2.24. The van der Waals surface area contributed by atoms with Crippen molar-refractivity contribution in [2.45, 2.75) is 51.1 Å². The van der Waals surface area contributed by atoms with Gasteiger partial charge in [-0.1, -0.05) is 32.4 Å². The first-order chi connectivity index (χ1) is 9.85. The van der Waals surface area contributed by atoms with E-state index in [1.807, 2.05) is 20.8 Å². The summed E-state index contributed by atoms with van der Waals surface area (Å²) in [5.41, 5.74) is 0.245. The van der Waals surface area contributed by atoms with Crippen molar-refractivity contribution in [3.8, 4) is 0 Å². The van der Waals surface area contributed by atoms with E-state index >= 15 is 0 Å². The van der Waals surface area contributed by atoms with E-state index in [1.165, 1.54) is 6.07 Å². The maximum absolute atomic E-state index is 14.4. The van der Waals surface area contributed by atoms with Crippen LogP contribution in [0.5, 0.6) is 0 Å². The van der Waals surface area contributed by atoms with Gasteiger partial charge in [0.15, 0.2) is 0 Å². The van der Waals surface area contributed by atoms with Crippen molar-refractivity contribution >= 4 is 21.6 Å². The summed E-state index contributed by atoms with van der Waals surface area (Å²) in [4.78, 5) is -0.394. The molecule has 0 amide bonds. The summed E-state index contributed by atoms with van der Waals surface area (Å²) in [6.07, 6.45) is 1.28. The summed E-state index contributed by atoms with van der Waals surface area (Å²) >= 11 is 5.92. The average molecular weight is 337 g/mol. The molecule has 120 valence electrons. The molecule has 0 aliphatic carbocycles. The monoisotopic (exact) mass is 336 g/mol. The van der Waals surface area contributed by atoms with Gasteiger partial charge in [-0.15, -0.1) is 0 Å². The summed E-state index contributed by atoms with van der Waals surface area (Å²) in [6, 6.07) is 2.37. The molecular weight excluding hydrogens is 315 g/mol. The van der Waals surface area contributed by atoms with Crippen LogP contribution in [-0.4, -0.2) is 21.0 Å². The first kappa shape index (κ1) is 18.4. The molecule has 0 saturated carbocycles. The molecule has 0 fully saturated rings. The molecule has 0 saturated heterocycles. The lowest BCUT2D eigenvalue weighted by atomic mass is 10.2. The fourth-order valence-corrected chi connectivity index (χ4v) is 3.79. The molecule has 0 heterocycles. The van der Waals surface area contributed by atoms with Crippen molar-refractivity contribution in [2.24, 2.45) is 0 Å². The fourth-order valence-electron chi connectivity index (χ4n) is 1.94. The Morgan fingerprint density at radius 2 is 1.86 bits per heavy atom.